The van der Waals surface area contributed by atoms with Crippen LogP contribution in [0.25, 0.3) is 5.76 Å². The van der Waals surface area contributed by atoms with E-state index in [1.807, 2.05) is 26.0 Å². The van der Waals surface area contributed by atoms with E-state index in [0.717, 1.165) is 11.1 Å². The molecule has 1 unspecified atom stereocenters. The van der Waals surface area contributed by atoms with Crippen molar-refractivity contribution in [1.29, 1.82) is 0 Å². The molecule has 2 heterocycles. The Morgan fingerprint density at radius 3 is 2.45 bits per heavy atom. The van der Waals surface area contributed by atoms with E-state index < -0.39 is 17.7 Å². The maximum atomic E-state index is 13.5. The molecule has 4 aromatic rings. The Morgan fingerprint density at radius 1 is 1.05 bits per heavy atom. The van der Waals surface area contributed by atoms with Gasteiger partial charge < -0.3 is 9.84 Å². The van der Waals surface area contributed by atoms with Gasteiger partial charge in [-0.2, -0.15) is 0 Å². The van der Waals surface area contributed by atoms with Gasteiger partial charge >= 0.3 is 5.91 Å². The molecule has 1 amide bonds. The molecule has 1 atom stereocenters. The number of nitrogens with zero attached hydrogens (tertiary/aromatic N) is 3. The first-order valence-corrected chi connectivity index (χ1v) is 14.4. The summed E-state index contributed by atoms with van der Waals surface area (Å²) in [6.45, 7) is 7.95. The monoisotopic (exact) mass is 569 g/mol. The number of aryl methyl sites for hydroxylation is 2. The molecular weight excluding hydrogens is 542 g/mol. The number of carbonyl (C=O) groups is 2. The van der Waals surface area contributed by atoms with Crippen molar-refractivity contribution >= 4 is 45.7 Å². The fraction of sp³-hybridized carbons (Fsp3) is 0.161. The fourth-order valence-electron chi connectivity index (χ4n) is 4.33. The van der Waals surface area contributed by atoms with Crippen LogP contribution >= 0.6 is 23.1 Å². The van der Waals surface area contributed by atoms with Crippen LogP contribution in [-0.2, 0) is 15.3 Å². The van der Waals surface area contributed by atoms with E-state index in [2.05, 4.69) is 41.0 Å². The Morgan fingerprint density at radius 2 is 1.75 bits per heavy atom. The number of aliphatic hydroxyl groups is 1. The molecule has 0 aliphatic carbocycles. The van der Waals surface area contributed by atoms with Crippen molar-refractivity contribution in [3.63, 3.8) is 0 Å². The lowest BCUT2D eigenvalue weighted by atomic mass is 9.95. The average Bonchev–Trinajstić information content (AvgIpc) is 3.53. The number of hydrogen-bond donors (Lipinski definition) is 1. The standard InChI is InChI=1S/C31H27N3O4S2/c1-4-16-38-24-7-5-6-23(17-24)26-25(27(35)22-14-10-20(3)11-15-22)28(36)29(37)34(26)30-32-33-31(40-30)39-18-21-12-8-19(2)9-13-21/h4-15,17,26,35H,1,16,18H2,2-3H3. The number of aliphatic hydroxyl groups excluding tert-OH is 1. The molecule has 1 aromatic heterocycles. The summed E-state index contributed by atoms with van der Waals surface area (Å²) < 4.78 is 6.38. The van der Waals surface area contributed by atoms with Crippen molar-refractivity contribution in [1.82, 2.24) is 10.2 Å². The first-order chi connectivity index (χ1) is 19.4. The van der Waals surface area contributed by atoms with Crippen LogP contribution < -0.4 is 9.64 Å². The minimum Gasteiger partial charge on any atom is -0.507 e. The van der Waals surface area contributed by atoms with Crippen molar-refractivity contribution in [3.05, 3.63) is 119 Å². The fourth-order valence-corrected chi connectivity index (χ4v) is 6.15. The molecule has 1 N–H and O–H groups in total. The lowest BCUT2D eigenvalue weighted by Gasteiger charge is -2.23. The van der Waals surface area contributed by atoms with Crippen LogP contribution in [0.15, 0.2) is 95.4 Å². The summed E-state index contributed by atoms with van der Waals surface area (Å²) in [5.41, 5.74) is 4.36. The highest BCUT2D eigenvalue weighted by atomic mass is 32.2. The molecule has 9 heteroatoms. The zero-order valence-electron chi connectivity index (χ0n) is 22.0. The zero-order valence-corrected chi connectivity index (χ0v) is 23.7. The van der Waals surface area contributed by atoms with Crippen molar-refractivity contribution in [3.8, 4) is 5.75 Å². The van der Waals surface area contributed by atoms with Gasteiger partial charge in [-0.3, -0.25) is 14.5 Å². The Kier molecular flexibility index (Phi) is 8.14. The molecule has 5 rings (SSSR count). The number of ketones is 1. The number of Topliss-reactive ketones (excluding diaryl/α,β-unsaturated/α-hetero) is 1. The second-order valence-electron chi connectivity index (χ2n) is 9.33. The number of hydrogen-bond acceptors (Lipinski definition) is 8. The number of thioether (sulfide) groups is 1. The normalized spacial score (nSPS) is 16.4. The largest absolute Gasteiger partial charge is 0.507 e. The number of rotatable bonds is 9. The molecule has 1 aliphatic rings. The van der Waals surface area contributed by atoms with Gasteiger partial charge in [0.15, 0.2) is 4.34 Å². The molecule has 3 aromatic carbocycles. The van der Waals surface area contributed by atoms with Gasteiger partial charge in [0.2, 0.25) is 5.13 Å². The number of benzene rings is 3. The summed E-state index contributed by atoms with van der Waals surface area (Å²) in [7, 11) is 0. The third kappa shape index (κ3) is 5.71. The second-order valence-corrected chi connectivity index (χ2v) is 11.5. The van der Waals surface area contributed by atoms with E-state index in [4.69, 9.17) is 4.74 Å². The van der Waals surface area contributed by atoms with Crippen LogP contribution in [0, 0.1) is 13.8 Å². The Hall–Kier alpha value is -4.21. The quantitative estimate of drug-likeness (QED) is 0.0603. The molecule has 0 saturated carbocycles. The van der Waals surface area contributed by atoms with Gasteiger partial charge in [-0.15, -0.1) is 10.2 Å². The van der Waals surface area contributed by atoms with Crippen LogP contribution in [-0.4, -0.2) is 33.6 Å². The van der Waals surface area contributed by atoms with Crippen molar-refractivity contribution in [2.45, 2.75) is 30.0 Å². The summed E-state index contributed by atoms with van der Waals surface area (Å²) >= 11 is 2.74. The van der Waals surface area contributed by atoms with E-state index in [1.165, 1.54) is 33.6 Å². The van der Waals surface area contributed by atoms with E-state index in [1.54, 1.807) is 42.5 Å². The number of anilines is 1. The molecule has 40 heavy (non-hydrogen) atoms. The maximum Gasteiger partial charge on any atom is 0.301 e. The third-order valence-electron chi connectivity index (χ3n) is 6.40. The van der Waals surface area contributed by atoms with Crippen LogP contribution in [0.5, 0.6) is 5.75 Å². The van der Waals surface area contributed by atoms with Crippen LogP contribution in [0.2, 0.25) is 0 Å². The van der Waals surface area contributed by atoms with Gasteiger partial charge in [0.25, 0.3) is 5.78 Å². The predicted molar refractivity (Wildman–Crippen MR) is 159 cm³/mol. The number of amides is 1. The molecule has 0 bridgehead atoms. The zero-order chi connectivity index (χ0) is 28.2. The van der Waals surface area contributed by atoms with Gasteiger partial charge in [-0.25, -0.2) is 0 Å². The Labute approximate surface area is 240 Å². The summed E-state index contributed by atoms with van der Waals surface area (Å²) in [5, 5.41) is 20.2. The van der Waals surface area contributed by atoms with E-state index >= 15 is 0 Å². The highest BCUT2D eigenvalue weighted by Gasteiger charge is 2.48. The van der Waals surface area contributed by atoms with Crippen molar-refractivity contribution in [2.75, 3.05) is 11.5 Å². The minimum absolute atomic E-state index is 0.0150. The topological polar surface area (TPSA) is 92.6 Å². The van der Waals surface area contributed by atoms with Gasteiger partial charge in [0.05, 0.1) is 11.6 Å². The minimum atomic E-state index is -0.920. The van der Waals surface area contributed by atoms with Gasteiger partial charge in [-0.1, -0.05) is 108 Å². The molecule has 1 saturated heterocycles. The van der Waals surface area contributed by atoms with Crippen LogP contribution in [0.4, 0.5) is 5.13 Å². The van der Waals surface area contributed by atoms with Crippen molar-refractivity contribution in [2.24, 2.45) is 0 Å². The van der Waals surface area contributed by atoms with Crippen molar-refractivity contribution < 1.29 is 19.4 Å². The highest BCUT2D eigenvalue weighted by molar-refractivity contribution is 8.00. The summed E-state index contributed by atoms with van der Waals surface area (Å²) in [5.74, 6) is -0.577. The molecule has 7 nitrogen and oxygen atoms in total. The van der Waals surface area contributed by atoms with E-state index in [-0.39, 0.29) is 16.5 Å². The van der Waals surface area contributed by atoms with E-state index in [0.29, 0.717) is 33.6 Å². The molecule has 0 spiro atoms. The molecule has 202 valence electrons. The average molecular weight is 570 g/mol. The lowest BCUT2D eigenvalue weighted by Crippen LogP contribution is -2.29. The lowest BCUT2D eigenvalue weighted by molar-refractivity contribution is -0.132. The SMILES string of the molecule is C=CCOc1cccc(C2C(=C(O)c3ccc(C)cc3)C(=O)C(=O)N2c2nnc(SCc3ccc(C)cc3)s2)c1. The first kappa shape index (κ1) is 27.4. The highest BCUT2D eigenvalue weighted by Crippen LogP contribution is 2.44. The molecule has 1 fully saturated rings. The predicted octanol–water partition coefficient (Wildman–Crippen LogP) is 6.64. The first-order valence-electron chi connectivity index (χ1n) is 12.6. The Balaban J connectivity index is 1.54. The summed E-state index contributed by atoms with van der Waals surface area (Å²) in [6, 6.07) is 21.6. The number of aromatic nitrogens is 2. The maximum absolute atomic E-state index is 13.5. The third-order valence-corrected chi connectivity index (χ3v) is 8.52. The van der Waals surface area contributed by atoms with Gasteiger partial charge in [0.1, 0.15) is 18.1 Å². The van der Waals surface area contributed by atoms with Crippen LogP contribution in [0.3, 0.4) is 0 Å². The molecule has 0 radical (unpaired) electrons. The molecule has 1 aliphatic heterocycles. The second kappa shape index (κ2) is 11.9. The van der Waals surface area contributed by atoms with Gasteiger partial charge in [-0.05, 0) is 37.1 Å². The summed E-state index contributed by atoms with van der Waals surface area (Å²) in [4.78, 5) is 28.3. The molecular formula is C31H27N3O4S2. The summed E-state index contributed by atoms with van der Waals surface area (Å²) in [6.07, 6.45) is 1.63. The smallest absolute Gasteiger partial charge is 0.301 e. The number of carbonyl (C=O) groups excluding carboxylic acids is 2. The number of ether oxygens (including phenoxy) is 1. The van der Waals surface area contributed by atoms with Gasteiger partial charge in [0, 0.05) is 11.3 Å². The Bertz CT molecular complexity index is 1590. The van der Waals surface area contributed by atoms with E-state index in [9.17, 15) is 14.7 Å². The van der Waals surface area contributed by atoms with Crippen LogP contribution in [0.1, 0.15) is 33.9 Å².